The lowest BCUT2D eigenvalue weighted by Crippen LogP contribution is -2.58. The molecule has 0 aliphatic carbocycles. The van der Waals surface area contributed by atoms with E-state index in [9.17, 15) is 24.6 Å². The van der Waals surface area contributed by atoms with E-state index in [2.05, 4.69) is 10.6 Å². The summed E-state index contributed by atoms with van der Waals surface area (Å²) in [4.78, 5) is 36.2. The van der Waals surface area contributed by atoms with Crippen molar-refractivity contribution in [1.82, 2.24) is 10.6 Å². The third-order valence-electron chi connectivity index (χ3n) is 4.57. The Labute approximate surface area is 163 Å². The standard InChI is InChI=1S/C19H29N3O6/c1-4-10(2)15(18(26)22-16(11(3)23)19(27)28)21-17(25)14(20)9-12-5-7-13(24)8-6-12/h5-8,10-11,14-16,23-24H,4,9,20H2,1-3H3,(H,21,25)(H,22,26)(H,27,28). The number of amides is 2. The molecule has 0 aliphatic heterocycles. The number of nitrogens with two attached hydrogens (primary N) is 1. The number of phenolic OH excluding ortho intramolecular Hbond substituents is 1. The Bertz CT molecular complexity index is 677. The van der Waals surface area contributed by atoms with Crippen LogP contribution in [0.5, 0.6) is 5.75 Å². The SMILES string of the molecule is CCC(C)C(NC(=O)C(N)Cc1ccc(O)cc1)C(=O)NC(C(=O)O)C(C)O. The van der Waals surface area contributed by atoms with Gasteiger partial charge in [-0.3, -0.25) is 9.59 Å². The maximum atomic E-state index is 12.5. The molecule has 1 aromatic rings. The van der Waals surface area contributed by atoms with Crippen LogP contribution in [0.15, 0.2) is 24.3 Å². The first kappa shape index (κ1) is 23.4. The van der Waals surface area contributed by atoms with Gasteiger partial charge in [-0.2, -0.15) is 0 Å². The van der Waals surface area contributed by atoms with E-state index >= 15 is 0 Å². The van der Waals surface area contributed by atoms with Crippen molar-refractivity contribution in [3.8, 4) is 5.75 Å². The van der Waals surface area contributed by atoms with Gasteiger partial charge in [0.2, 0.25) is 11.8 Å². The molecular weight excluding hydrogens is 366 g/mol. The highest BCUT2D eigenvalue weighted by atomic mass is 16.4. The van der Waals surface area contributed by atoms with Crippen LogP contribution in [0.25, 0.3) is 0 Å². The zero-order chi connectivity index (χ0) is 21.4. The molecule has 1 rings (SSSR count). The van der Waals surface area contributed by atoms with E-state index < -0.39 is 42.0 Å². The monoisotopic (exact) mass is 395 g/mol. The fourth-order valence-corrected chi connectivity index (χ4v) is 2.57. The third kappa shape index (κ3) is 6.82. The lowest BCUT2D eigenvalue weighted by molar-refractivity contribution is -0.145. The lowest BCUT2D eigenvalue weighted by Gasteiger charge is -2.27. The van der Waals surface area contributed by atoms with Crippen molar-refractivity contribution in [2.45, 2.75) is 57.8 Å². The molecule has 0 saturated carbocycles. The van der Waals surface area contributed by atoms with Crippen molar-refractivity contribution in [2.24, 2.45) is 11.7 Å². The molecular formula is C19H29N3O6. The van der Waals surface area contributed by atoms with E-state index in [1.165, 1.54) is 19.1 Å². The molecule has 0 aromatic heterocycles. The number of carboxylic acid groups (broad SMARTS) is 1. The molecule has 156 valence electrons. The molecule has 9 heteroatoms. The molecule has 0 fully saturated rings. The highest BCUT2D eigenvalue weighted by Crippen LogP contribution is 2.12. The summed E-state index contributed by atoms with van der Waals surface area (Å²) in [6.45, 7) is 4.83. The van der Waals surface area contributed by atoms with Crippen LogP contribution in [0.3, 0.4) is 0 Å². The Balaban J connectivity index is 2.83. The van der Waals surface area contributed by atoms with Crippen LogP contribution >= 0.6 is 0 Å². The predicted molar refractivity (Wildman–Crippen MR) is 102 cm³/mol. The van der Waals surface area contributed by atoms with Gasteiger partial charge in [0, 0.05) is 0 Å². The van der Waals surface area contributed by atoms with Crippen LogP contribution in [0.1, 0.15) is 32.8 Å². The molecule has 28 heavy (non-hydrogen) atoms. The number of benzene rings is 1. The van der Waals surface area contributed by atoms with Crippen LogP contribution in [0.4, 0.5) is 0 Å². The van der Waals surface area contributed by atoms with Crippen LogP contribution < -0.4 is 16.4 Å². The average molecular weight is 395 g/mol. The molecule has 0 heterocycles. The fraction of sp³-hybridized carbons (Fsp3) is 0.526. The molecule has 5 atom stereocenters. The highest BCUT2D eigenvalue weighted by Gasteiger charge is 2.32. The predicted octanol–water partition coefficient (Wildman–Crippen LogP) is -0.257. The minimum atomic E-state index is -1.48. The average Bonchev–Trinajstić information content (AvgIpc) is 2.64. The van der Waals surface area contributed by atoms with E-state index in [1.54, 1.807) is 19.1 Å². The molecule has 2 amide bonds. The number of hydrogen-bond acceptors (Lipinski definition) is 6. The van der Waals surface area contributed by atoms with Crippen molar-refractivity contribution in [2.75, 3.05) is 0 Å². The molecule has 0 bridgehead atoms. The van der Waals surface area contributed by atoms with E-state index in [0.717, 1.165) is 5.56 Å². The molecule has 5 unspecified atom stereocenters. The molecule has 0 radical (unpaired) electrons. The number of rotatable bonds is 10. The van der Waals surface area contributed by atoms with Gasteiger partial charge in [0.25, 0.3) is 0 Å². The van der Waals surface area contributed by atoms with Crippen molar-refractivity contribution in [3.63, 3.8) is 0 Å². The van der Waals surface area contributed by atoms with Gasteiger partial charge in [-0.15, -0.1) is 0 Å². The van der Waals surface area contributed by atoms with Gasteiger partial charge in [0.15, 0.2) is 6.04 Å². The van der Waals surface area contributed by atoms with Gasteiger partial charge >= 0.3 is 5.97 Å². The number of aromatic hydroxyl groups is 1. The largest absolute Gasteiger partial charge is 0.508 e. The third-order valence-corrected chi connectivity index (χ3v) is 4.57. The van der Waals surface area contributed by atoms with E-state index in [0.29, 0.717) is 6.42 Å². The van der Waals surface area contributed by atoms with Crippen molar-refractivity contribution in [3.05, 3.63) is 29.8 Å². The number of carbonyl (C=O) groups excluding carboxylic acids is 2. The Morgan fingerprint density at radius 3 is 2.04 bits per heavy atom. The van der Waals surface area contributed by atoms with E-state index in [4.69, 9.17) is 10.8 Å². The summed E-state index contributed by atoms with van der Waals surface area (Å²) in [6.07, 6.45) is -0.545. The van der Waals surface area contributed by atoms with Gasteiger partial charge in [-0.05, 0) is 37.0 Å². The van der Waals surface area contributed by atoms with Gasteiger partial charge in [0.05, 0.1) is 12.1 Å². The van der Waals surface area contributed by atoms with Crippen molar-refractivity contribution < 1.29 is 29.7 Å². The van der Waals surface area contributed by atoms with E-state index in [-0.39, 0.29) is 18.1 Å². The molecule has 0 aliphatic rings. The second-order valence-corrected chi connectivity index (χ2v) is 6.91. The summed E-state index contributed by atoms with van der Waals surface area (Å²) in [6, 6.07) is 2.83. The first-order valence-electron chi connectivity index (χ1n) is 9.11. The van der Waals surface area contributed by atoms with Gasteiger partial charge in [0.1, 0.15) is 11.8 Å². The Kier molecular flexibility index (Phi) is 8.87. The minimum absolute atomic E-state index is 0.0985. The Morgan fingerprint density at radius 1 is 1.04 bits per heavy atom. The number of aliphatic carboxylic acids is 1. The highest BCUT2D eigenvalue weighted by molar-refractivity contribution is 5.92. The van der Waals surface area contributed by atoms with Crippen molar-refractivity contribution in [1.29, 1.82) is 0 Å². The first-order chi connectivity index (χ1) is 13.1. The summed E-state index contributed by atoms with van der Waals surface area (Å²) in [5.41, 5.74) is 6.68. The maximum Gasteiger partial charge on any atom is 0.328 e. The molecule has 9 nitrogen and oxygen atoms in total. The quantitative estimate of drug-likeness (QED) is 0.318. The number of carbonyl (C=O) groups is 3. The number of phenols is 1. The number of nitrogens with one attached hydrogen (secondary N) is 2. The summed E-state index contributed by atoms with van der Waals surface area (Å²) in [5.74, 6) is -2.82. The summed E-state index contributed by atoms with van der Waals surface area (Å²) < 4.78 is 0. The molecule has 1 aromatic carbocycles. The molecule has 0 saturated heterocycles. The molecule has 7 N–H and O–H groups in total. The van der Waals surface area contributed by atoms with Crippen LogP contribution in [0.2, 0.25) is 0 Å². The number of aliphatic hydroxyl groups is 1. The second kappa shape index (κ2) is 10.6. The smallest absolute Gasteiger partial charge is 0.328 e. The minimum Gasteiger partial charge on any atom is -0.508 e. The summed E-state index contributed by atoms with van der Waals surface area (Å²) in [7, 11) is 0. The second-order valence-electron chi connectivity index (χ2n) is 6.91. The van der Waals surface area contributed by atoms with Crippen LogP contribution in [-0.4, -0.2) is 57.3 Å². The van der Waals surface area contributed by atoms with Crippen LogP contribution in [0, 0.1) is 5.92 Å². The lowest BCUT2D eigenvalue weighted by atomic mass is 9.96. The zero-order valence-corrected chi connectivity index (χ0v) is 16.3. The van der Waals surface area contributed by atoms with Gasteiger partial charge in [-0.1, -0.05) is 32.4 Å². The number of carboxylic acids is 1. The number of hydrogen-bond donors (Lipinski definition) is 6. The summed E-state index contributed by atoms with van der Waals surface area (Å²) >= 11 is 0. The Morgan fingerprint density at radius 2 is 1.57 bits per heavy atom. The van der Waals surface area contributed by atoms with E-state index in [1.807, 2.05) is 6.92 Å². The van der Waals surface area contributed by atoms with Crippen LogP contribution in [-0.2, 0) is 20.8 Å². The summed E-state index contributed by atoms with van der Waals surface area (Å²) in [5, 5.41) is 32.8. The van der Waals surface area contributed by atoms with Crippen molar-refractivity contribution >= 4 is 17.8 Å². The maximum absolute atomic E-state index is 12.5. The first-order valence-corrected chi connectivity index (χ1v) is 9.11. The number of aliphatic hydroxyl groups excluding tert-OH is 1. The topological polar surface area (TPSA) is 162 Å². The Hall–Kier alpha value is -2.65. The van der Waals surface area contributed by atoms with Gasteiger partial charge in [-0.25, -0.2) is 4.79 Å². The fourth-order valence-electron chi connectivity index (χ4n) is 2.57. The molecule has 0 spiro atoms. The normalized spacial score (nSPS) is 16.3. The van der Waals surface area contributed by atoms with Gasteiger partial charge < -0.3 is 31.7 Å². The zero-order valence-electron chi connectivity index (χ0n) is 16.3.